The molecular formula is C15H17N7O. The van der Waals surface area contributed by atoms with Crippen molar-refractivity contribution in [2.75, 3.05) is 18.0 Å². The molecule has 1 fully saturated rings. The predicted molar refractivity (Wildman–Crippen MR) is 85.2 cm³/mol. The monoisotopic (exact) mass is 311 g/mol. The first-order valence-electron chi connectivity index (χ1n) is 7.54. The molecule has 8 nitrogen and oxygen atoms in total. The van der Waals surface area contributed by atoms with Crippen LogP contribution in [0.2, 0.25) is 0 Å². The van der Waals surface area contributed by atoms with Gasteiger partial charge in [-0.1, -0.05) is 0 Å². The maximum atomic E-state index is 11.8. The number of fused-ring (bicyclic) bond motifs is 1. The van der Waals surface area contributed by atoms with Gasteiger partial charge in [0.05, 0.1) is 17.6 Å². The van der Waals surface area contributed by atoms with Gasteiger partial charge in [-0.05, 0) is 13.0 Å². The molecule has 23 heavy (non-hydrogen) atoms. The molecule has 118 valence electrons. The minimum atomic E-state index is -0.0502. The molecule has 0 atom stereocenters. The number of aromatic nitrogens is 6. The molecule has 1 aliphatic heterocycles. The quantitative estimate of drug-likeness (QED) is 0.695. The lowest BCUT2D eigenvalue weighted by atomic mass is 10.00. The average Bonchev–Trinajstić information content (AvgIpc) is 2.86. The lowest BCUT2D eigenvalue weighted by Crippen LogP contribution is -2.50. The molecule has 4 heterocycles. The number of rotatable bonds is 3. The Morgan fingerprint density at radius 2 is 2.04 bits per heavy atom. The lowest BCUT2D eigenvalue weighted by Gasteiger charge is -2.40. The molecule has 0 bridgehead atoms. The molecule has 0 radical (unpaired) electrons. The van der Waals surface area contributed by atoms with Gasteiger partial charge in [0.25, 0.3) is 5.56 Å². The third-order valence-corrected chi connectivity index (χ3v) is 4.10. The Labute approximate surface area is 132 Å². The second-order valence-corrected chi connectivity index (χ2v) is 6.00. The van der Waals surface area contributed by atoms with Crippen molar-refractivity contribution in [3.63, 3.8) is 0 Å². The smallest absolute Gasteiger partial charge is 0.266 e. The molecule has 0 spiro atoms. The van der Waals surface area contributed by atoms with E-state index in [0.29, 0.717) is 18.1 Å². The summed E-state index contributed by atoms with van der Waals surface area (Å²) in [5, 5.41) is 9.56. The van der Waals surface area contributed by atoms with Gasteiger partial charge in [-0.25, -0.2) is 14.6 Å². The van der Waals surface area contributed by atoms with E-state index in [1.807, 2.05) is 20.2 Å². The SMILES string of the molecule is Cc1ccc(=O)n(CC2CN(c3ncnc4nn(C)cc34)C2)n1. The van der Waals surface area contributed by atoms with Gasteiger partial charge < -0.3 is 4.90 Å². The molecule has 4 rings (SSSR count). The molecule has 8 heteroatoms. The largest absolute Gasteiger partial charge is 0.355 e. The summed E-state index contributed by atoms with van der Waals surface area (Å²) in [5.74, 6) is 1.30. The van der Waals surface area contributed by atoms with Crippen molar-refractivity contribution in [3.8, 4) is 0 Å². The first-order chi connectivity index (χ1) is 11.1. The van der Waals surface area contributed by atoms with Crippen molar-refractivity contribution in [1.82, 2.24) is 29.5 Å². The fourth-order valence-corrected chi connectivity index (χ4v) is 2.97. The summed E-state index contributed by atoms with van der Waals surface area (Å²) in [4.78, 5) is 22.6. The molecule has 0 N–H and O–H groups in total. The molecule has 0 aromatic carbocycles. The minimum absolute atomic E-state index is 0.0502. The van der Waals surface area contributed by atoms with Gasteiger partial charge in [-0.15, -0.1) is 0 Å². The van der Waals surface area contributed by atoms with E-state index in [4.69, 9.17) is 0 Å². The van der Waals surface area contributed by atoms with Gasteiger partial charge in [-0.3, -0.25) is 9.48 Å². The predicted octanol–water partition coefficient (Wildman–Crippen LogP) is 0.365. The van der Waals surface area contributed by atoms with Gasteiger partial charge in [0, 0.05) is 38.3 Å². The van der Waals surface area contributed by atoms with Crippen LogP contribution in [0.4, 0.5) is 5.82 Å². The molecule has 3 aromatic rings. The van der Waals surface area contributed by atoms with E-state index >= 15 is 0 Å². The van der Waals surface area contributed by atoms with Crippen LogP contribution in [0.25, 0.3) is 11.0 Å². The van der Waals surface area contributed by atoms with E-state index in [1.165, 1.54) is 0 Å². The Morgan fingerprint density at radius 3 is 2.87 bits per heavy atom. The van der Waals surface area contributed by atoms with Gasteiger partial charge in [0.2, 0.25) is 0 Å². The summed E-state index contributed by atoms with van der Waals surface area (Å²) in [6.07, 6.45) is 3.48. The van der Waals surface area contributed by atoms with Gasteiger partial charge in [0.1, 0.15) is 12.1 Å². The molecule has 0 amide bonds. The molecule has 1 saturated heterocycles. The second kappa shape index (κ2) is 5.15. The van der Waals surface area contributed by atoms with Crippen molar-refractivity contribution in [2.24, 2.45) is 13.0 Å². The maximum Gasteiger partial charge on any atom is 0.266 e. The Balaban J connectivity index is 1.51. The van der Waals surface area contributed by atoms with E-state index in [2.05, 4.69) is 25.1 Å². The van der Waals surface area contributed by atoms with Crippen LogP contribution >= 0.6 is 0 Å². The summed E-state index contributed by atoms with van der Waals surface area (Å²) < 4.78 is 3.30. The average molecular weight is 311 g/mol. The third-order valence-electron chi connectivity index (χ3n) is 4.10. The third kappa shape index (κ3) is 2.45. The number of aryl methyl sites for hydroxylation is 2. The molecule has 3 aromatic heterocycles. The van der Waals surface area contributed by atoms with Gasteiger partial charge in [0.15, 0.2) is 5.65 Å². The zero-order valence-electron chi connectivity index (χ0n) is 13.0. The van der Waals surface area contributed by atoms with Crippen molar-refractivity contribution < 1.29 is 0 Å². The molecule has 0 unspecified atom stereocenters. The molecular weight excluding hydrogens is 294 g/mol. The van der Waals surface area contributed by atoms with Crippen molar-refractivity contribution in [3.05, 3.63) is 40.7 Å². The van der Waals surface area contributed by atoms with Crippen LogP contribution in [-0.2, 0) is 13.6 Å². The number of hydrogen-bond donors (Lipinski definition) is 0. The fraction of sp³-hybridized carbons (Fsp3) is 0.400. The zero-order chi connectivity index (χ0) is 16.0. The zero-order valence-corrected chi connectivity index (χ0v) is 13.0. The van der Waals surface area contributed by atoms with Crippen LogP contribution in [0.15, 0.2) is 29.5 Å². The number of nitrogens with zero attached hydrogens (tertiary/aromatic N) is 7. The summed E-state index contributed by atoms with van der Waals surface area (Å²) in [6, 6.07) is 3.31. The van der Waals surface area contributed by atoms with E-state index in [0.717, 1.165) is 30.0 Å². The minimum Gasteiger partial charge on any atom is -0.355 e. The normalized spacial score (nSPS) is 15.1. The van der Waals surface area contributed by atoms with E-state index < -0.39 is 0 Å². The van der Waals surface area contributed by atoms with Crippen molar-refractivity contribution in [2.45, 2.75) is 13.5 Å². The number of anilines is 1. The summed E-state index contributed by atoms with van der Waals surface area (Å²) in [5.41, 5.74) is 1.51. The van der Waals surface area contributed by atoms with Crippen LogP contribution < -0.4 is 10.5 Å². The topological polar surface area (TPSA) is 81.7 Å². The highest BCUT2D eigenvalue weighted by atomic mass is 16.1. The van der Waals surface area contributed by atoms with Crippen LogP contribution in [0, 0.1) is 12.8 Å². The number of hydrogen-bond acceptors (Lipinski definition) is 6. The summed E-state index contributed by atoms with van der Waals surface area (Å²) >= 11 is 0. The second-order valence-electron chi connectivity index (χ2n) is 6.00. The van der Waals surface area contributed by atoms with Crippen molar-refractivity contribution >= 4 is 16.9 Å². The molecule has 0 aliphatic carbocycles. The highest BCUT2D eigenvalue weighted by Gasteiger charge is 2.30. The Morgan fingerprint density at radius 1 is 1.22 bits per heavy atom. The molecule has 0 saturated carbocycles. The van der Waals surface area contributed by atoms with Crippen LogP contribution in [-0.4, -0.2) is 42.6 Å². The Bertz CT molecular complexity index is 923. The van der Waals surface area contributed by atoms with Gasteiger partial charge >= 0.3 is 0 Å². The standard InChI is InChI=1S/C15H17N7O/c1-10-3-4-13(23)22(18-10)7-11-5-21(6-11)15-12-8-20(2)19-14(12)16-9-17-15/h3-4,8-9,11H,5-7H2,1-2H3. The van der Waals surface area contributed by atoms with Crippen LogP contribution in [0.3, 0.4) is 0 Å². The first-order valence-corrected chi connectivity index (χ1v) is 7.54. The summed E-state index contributed by atoms with van der Waals surface area (Å²) in [7, 11) is 1.88. The van der Waals surface area contributed by atoms with Crippen LogP contribution in [0.5, 0.6) is 0 Å². The Hall–Kier alpha value is -2.77. The maximum absolute atomic E-state index is 11.8. The summed E-state index contributed by atoms with van der Waals surface area (Å²) in [6.45, 7) is 4.23. The van der Waals surface area contributed by atoms with E-state index in [-0.39, 0.29) is 5.56 Å². The van der Waals surface area contributed by atoms with Crippen LogP contribution in [0.1, 0.15) is 5.69 Å². The van der Waals surface area contributed by atoms with Gasteiger partial charge in [-0.2, -0.15) is 10.2 Å². The lowest BCUT2D eigenvalue weighted by molar-refractivity contribution is 0.332. The molecule has 1 aliphatic rings. The first kappa shape index (κ1) is 13.9. The van der Waals surface area contributed by atoms with E-state index in [1.54, 1.807) is 27.8 Å². The van der Waals surface area contributed by atoms with E-state index in [9.17, 15) is 4.79 Å². The van der Waals surface area contributed by atoms with Crippen molar-refractivity contribution in [1.29, 1.82) is 0 Å². The highest BCUT2D eigenvalue weighted by Crippen LogP contribution is 2.28. The Kier molecular flexibility index (Phi) is 3.10. The highest BCUT2D eigenvalue weighted by molar-refractivity contribution is 5.86. The fourth-order valence-electron chi connectivity index (χ4n) is 2.97.